The van der Waals surface area contributed by atoms with Gasteiger partial charge in [-0.15, -0.1) is 0 Å². The van der Waals surface area contributed by atoms with E-state index in [-0.39, 0.29) is 5.69 Å². The number of aromatic nitrogens is 3. The summed E-state index contributed by atoms with van der Waals surface area (Å²) in [5.41, 5.74) is 2.92. The van der Waals surface area contributed by atoms with E-state index in [4.69, 9.17) is 0 Å². The van der Waals surface area contributed by atoms with Crippen LogP contribution < -0.4 is 0 Å². The second-order valence-corrected chi connectivity index (χ2v) is 5.35. The molecule has 6 heteroatoms. The highest BCUT2D eigenvalue weighted by molar-refractivity contribution is 9.10. The molecule has 0 radical (unpaired) electrons. The lowest BCUT2D eigenvalue weighted by Crippen LogP contribution is -2.08. The fourth-order valence-electron chi connectivity index (χ4n) is 2.51. The molecule has 1 aliphatic carbocycles. The van der Waals surface area contributed by atoms with Gasteiger partial charge in [-0.2, -0.15) is 5.10 Å². The zero-order valence-electron chi connectivity index (χ0n) is 10.1. The Hall–Kier alpha value is -1.69. The van der Waals surface area contributed by atoms with Crippen LogP contribution in [-0.4, -0.2) is 25.8 Å². The van der Waals surface area contributed by atoms with E-state index in [0.29, 0.717) is 4.60 Å². The lowest BCUT2D eigenvalue weighted by Gasteiger charge is -2.13. The van der Waals surface area contributed by atoms with Gasteiger partial charge in [0.15, 0.2) is 5.69 Å². The Kier molecular flexibility index (Phi) is 3.10. The van der Waals surface area contributed by atoms with Crippen LogP contribution in [-0.2, 0) is 12.8 Å². The van der Waals surface area contributed by atoms with Crippen molar-refractivity contribution < 1.29 is 9.90 Å². The number of hydrogen-bond donors (Lipinski definition) is 1. The molecule has 0 saturated heterocycles. The molecule has 98 valence electrons. The number of halogens is 1. The molecule has 0 atom stereocenters. The summed E-state index contributed by atoms with van der Waals surface area (Å²) in [6.07, 6.45) is 5.44. The fourth-order valence-corrected chi connectivity index (χ4v) is 2.86. The van der Waals surface area contributed by atoms with Crippen LogP contribution in [0.3, 0.4) is 0 Å². The molecule has 5 nitrogen and oxygen atoms in total. The first-order chi connectivity index (χ1) is 9.16. The van der Waals surface area contributed by atoms with Gasteiger partial charge in [-0.25, -0.2) is 14.5 Å². The third-order valence-electron chi connectivity index (χ3n) is 3.34. The Labute approximate surface area is 118 Å². The zero-order valence-corrected chi connectivity index (χ0v) is 11.7. The standard InChI is InChI=1S/C13H12BrN3O2/c14-11-7-8(5-6-15-11)17-10-4-2-1-3-9(10)12(16-17)13(18)19/h5-7H,1-4H2,(H,18,19). The number of fused-ring (bicyclic) bond motifs is 1. The molecule has 0 spiro atoms. The summed E-state index contributed by atoms with van der Waals surface area (Å²) >= 11 is 3.32. The van der Waals surface area contributed by atoms with E-state index in [2.05, 4.69) is 26.0 Å². The normalized spacial score (nSPS) is 14.2. The predicted octanol–water partition coefficient (Wildman–Crippen LogP) is 2.61. The van der Waals surface area contributed by atoms with Crippen molar-refractivity contribution >= 4 is 21.9 Å². The number of nitrogens with zero attached hydrogens (tertiary/aromatic N) is 3. The van der Waals surface area contributed by atoms with E-state index in [9.17, 15) is 9.90 Å². The molecule has 0 bridgehead atoms. The van der Waals surface area contributed by atoms with Crippen molar-refractivity contribution in [3.05, 3.63) is 39.9 Å². The number of carbonyl (C=O) groups is 1. The first-order valence-electron chi connectivity index (χ1n) is 6.13. The summed E-state index contributed by atoms with van der Waals surface area (Å²) in [5, 5.41) is 13.5. The summed E-state index contributed by atoms with van der Waals surface area (Å²) in [7, 11) is 0. The molecule has 0 fully saturated rings. The zero-order chi connectivity index (χ0) is 13.4. The van der Waals surface area contributed by atoms with Gasteiger partial charge in [-0.05, 0) is 53.7 Å². The minimum atomic E-state index is -0.954. The number of pyridine rings is 1. The van der Waals surface area contributed by atoms with Gasteiger partial charge in [0.05, 0.1) is 5.69 Å². The summed E-state index contributed by atoms with van der Waals surface area (Å²) < 4.78 is 2.45. The van der Waals surface area contributed by atoms with E-state index in [0.717, 1.165) is 42.6 Å². The predicted molar refractivity (Wildman–Crippen MR) is 72.7 cm³/mol. The van der Waals surface area contributed by atoms with E-state index < -0.39 is 5.97 Å². The van der Waals surface area contributed by atoms with Crippen molar-refractivity contribution in [1.82, 2.24) is 14.8 Å². The maximum atomic E-state index is 11.3. The smallest absolute Gasteiger partial charge is 0.356 e. The van der Waals surface area contributed by atoms with Gasteiger partial charge in [-0.1, -0.05) is 0 Å². The van der Waals surface area contributed by atoms with Gasteiger partial charge < -0.3 is 5.11 Å². The highest BCUT2D eigenvalue weighted by Gasteiger charge is 2.25. The van der Waals surface area contributed by atoms with Crippen molar-refractivity contribution in [2.75, 3.05) is 0 Å². The Balaban J connectivity index is 2.19. The molecule has 19 heavy (non-hydrogen) atoms. The van der Waals surface area contributed by atoms with Crippen molar-refractivity contribution in [2.24, 2.45) is 0 Å². The molecular weight excluding hydrogens is 310 g/mol. The van der Waals surface area contributed by atoms with E-state index in [1.165, 1.54) is 0 Å². The Morgan fingerprint density at radius 3 is 2.89 bits per heavy atom. The molecule has 2 heterocycles. The SMILES string of the molecule is O=C(O)c1nn(-c2ccnc(Br)c2)c2c1CCCC2. The molecule has 0 saturated carbocycles. The highest BCUT2D eigenvalue weighted by atomic mass is 79.9. The Bertz CT molecular complexity index is 651. The fraction of sp³-hybridized carbons (Fsp3) is 0.308. The van der Waals surface area contributed by atoms with Crippen molar-refractivity contribution in [2.45, 2.75) is 25.7 Å². The average molecular weight is 322 g/mol. The molecule has 3 rings (SSSR count). The topological polar surface area (TPSA) is 68.0 Å². The first kappa shape index (κ1) is 12.3. The third kappa shape index (κ3) is 2.16. The molecule has 0 unspecified atom stereocenters. The summed E-state index contributed by atoms with van der Waals surface area (Å²) in [5.74, 6) is -0.954. The Morgan fingerprint density at radius 2 is 2.16 bits per heavy atom. The molecule has 1 N–H and O–H groups in total. The third-order valence-corrected chi connectivity index (χ3v) is 3.77. The van der Waals surface area contributed by atoms with E-state index in [1.54, 1.807) is 10.9 Å². The van der Waals surface area contributed by atoms with Crippen molar-refractivity contribution in [1.29, 1.82) is 0 Å². The van der Waals surface area contributed by atoms with E-state index in [1.807, 2.05) is 12.1 Å². The average Bonchev–Trinajstić information content (AvgIpc) is 2.78. The van der Waals surface area contributed by atoms with Gasteiger partial charge >= 0.3 is 5.97 Å². The molecular formula is C13H12BrN3O2. The van der Waals surface area contributed by atoms with Gasteiger partial charge in [0.2, 0.25) is 0 Å². The molecule has 2 aromatic rings. The lowest BCUT2D eigenvalue weighted by molar-refractivity contribution is 0.0688. The van der Waals surface area contributed by atoms with Crippen LogP contribution in [0.15, 0.2) is 22.9 Å². The highest BCUT2D eigenvalue weighted by Crippen LogP contribution is 2.27. The number of rotatable bonds is 2. The Morgan fingerprint density at radius 1 is 1.37 bits per heavy atom. The first-order valence-corrected chi connectivity index (χ1v) is 6.92. The van der Waals surface area contributed by atoms with Crippen molar-refractivity contribution in [3.8, 4) is 5.69 Å². The maximum absolute atomic E-state index is 11.3. The van der Waals surface area contributed by atoms with Crippen LogP contribution in [0, 0.1) is 0 Å². The van der Waals surface area contributed by atoms with Crippen LogP contribution in [0.5, 0.6) is 0 Å². The van der Waals surface area contributed by atoms with Crippen LogP contribution in [0.4, 0.5) is 0 Å². The maximum Gasteiger partial charge on any atom is 0.356 e. The largest absolute Gasteiger partial charge is 0.476 e. The number of carboxylic acid groups (broad SMARTS) is 1. The van der Waals surface area contributed by atoms with Crippen LogP contribution in [0.25, 0.3) is 5.69 Å². The monoisotopic (exact) mass is 321 g/mol. The van der Waals surface area contributed by atoms with Gasteiger partial charge in [0.1, 0.15) is 4.60 Å². The van der Waals surface area contributed by atoms with Crippen LogP contribution in [0.2, 0.25) is 0 Å². The van der Waals surface area contributed by atoms with E-state index >= 15 is 0 Å². The second kappa shape index (κ2) is 4.77. The van der Waals surface area contributed by atoms with Gasteiger partial charge in [0, 0.05) is 17.5 Å². The van der Waals surface area contributed by atoms with Crippen LogP contribution in [0.1, 0.15) is 34.6 Å². The second-order valence-electron chi connectivity index (χ2n) is 4.53. The minimum absolute atomic E-state index is 0.183. The molecule has 0 aliphatic heterocycles. The van der Waals surface area contributed by atoms with Gasteiger partial charge in [0.25, 0.3) is 0 Å². The molecule has 1 aliphatic rings. The van der Waals surface area contributed by atoms with Crippen LogP contribution >= 0.6 is 15.9 Å². The molecule has 0 amide bonds. The molecule has 0 aromatic carbocycles. The minimum Gasteiger partial charge on any atom is -0.476 e. The number of hydrogen-bond acceptors (Lipinski definition) is 3. The molecule has 2 aromatic heterocycles. The van der Waals surface area contributed by atoms with Gasteiger partial charge in [-0.3, -0.25) is 0 Å². The lowest BCUT2D eigenvalue weighted by atomic mass is 9.95. The summed E-state index contributed by atoms with van der Waals surface area (Å²) in [4.78, 5) is 15.4. The quantitative estimate of drug-likeness (QED) is 0.863. The number of carboxylic acids is 1. The number of aromatic carboxylic acids is 1. The van der Waals surface area contributed by atoms with Crippen molar-refractivity contribution in [3.63, 3.8) is 0 Å². The summed E-state index contributed by atoms with van der Waals surface area (Å²) in [6.45, 7) is 0. The summed E-state index contributed by atoms with van der Waals surface area (Å²) in [6, 6.07) is 3.67.